The Morgan fingerprint density at radius 3 is 1.43 bits per heavy atom. The highest BCUT2D eigenvalue weighted by Gasteiger charge is 2.53. The van der Waals surface area contributed by atoms with E-state index >= 15 is 0 Å². The van der Waals surface area contributed by atoms with Gasteiger partial charge >= 0.3 is 0 Å². The van der Waals surface area contributed by atoms with E-state index < -0.39 is 13.5 Å². The van der Waals surface area contributed by atoms with Crippen LogP contribution in [0.2, 0.25) is 19.6 Å². The molecule has 0 fully saturated rings. The summed E-state index contributed by atoms with van der Waals surface area (Å²) in [4.78, 5) is 2.56. The first kappa shape index (κ1) is 30.4. The quantitative estimate of drug-likeness (QED) is 0.168. The minimum absolute atomic E-state index is 0.102. The van der Waals surface area contributed by atoms with Crippen molar-refractivity contribution in [2.24, 2.45) is 0 Å². The average molecular weight is 672 g/mol. The van der Waals surface area contributed by atoms with Gasteiger partial charge in [0.2, 0.25) is 0 Å². The van der Waals surface area contributed by atoms with Crippen LogP contribution in [0.25, 0.3) is 33.4 Å². The molecule has 2 heteroatoms. The van der Waals surface area contributed by atoms with Gasteiger partial charge in [0.25, 0.3) is 0 Å². The van der Waals surface area contributed by atoms with Gasteiger partial charge in [0.1, 0.15) is 0 Å². The molecule has 0 N–H and O–H groups in total. The van der Waals surface area contributed by atoms with Gasteiger partial charge < -0.3 is 4.90 Å². The zero-order chi connectivity index (χ0) is 34.7. The standard InChI is InChI=1S/C49H41NSi/c1-48(2)41-20-10-6-15-35(41)39-30-27-33(31-45(39)48)50(32-25-28-34(29-26-32)51(3,4)5)46-24-14-19-40-38-18-9-13-23-44(38)49(47(40)46)42-21-11-7-16-36(42)37-17-8-12-22-43(37)49/h6-31H,1-5H3. The van der Waals surface area contributed by atoms with Crippen molar-refractivity contribution in [1.29, 1.82) is 0 Å². The summed E-state index contributed by atoms with van der Waals surface area (Å²) in [6, 6.07) is 60.0. The average Bonchev–Trinajstić information content (AvgIpc) is 3.71. The van der Waals surface area contributed by atoms with E-state index in [1.165, 1.54) is 89.0 Å². The van der Waals surface area contributed by atoms with Crippen LogP contribution in [0.5, 0.6) is 0 Å². The Morgan fingerprint density at radius 2 is 0.863 bits per heavy atom. The van der Waals surface area contributed by atoms with E-state index in [0.717, 1.165) is 0 Å². The molecule has 0 aliphatic heterocycles. The van der Waals surface area contributed by atoms with Crippen LogP contribution in [0.4, 0.5) is 17.1 Å². The first-order chi connectivity index (χ1) is 24.7. The van der Waals surface area contributed by atoms with Gasteiger partial charge in [-0.05, 0) is 91.5 Å². The van der Waals surface area contributed by atoms with Crippen molar-refractivity contribution >= 4 is 30.3 Å². The topological polar surface area (TPSA) is 3.24 Å². The minimum Gasteiger partial charge on any atom is -0.310 e. The van der Waals surface area contributed by atoms with E-state index in [0.29, 0.717) is 0 Å². The SMILES string of the molecule is CC1(C)c2ccccc2-c2ccc(N(c3ccc([Si](C)(C)C)cc3)c3cccc4c3C3(c5ccccc5-c5ccccc53)c3ccccc3-4)cc21. The van der Waals surface area contributed by atoms with Crippen LogP contribution >= 0.6 is 0 Å². The van der Waals surface area contributed by atoms with E-state index in [1.54, 1.807) is 0 Å². The maximum absolute atomic E-state index is 2.56. The van der Waals surface area contributed by atoms with Crippen LogP contribution in [0.15, 0.2) is 158 Å². The smallest absolute Gasteiger partial charge is 0.0775 e. The summed E-state index contributed by atoms with van der Waals surface area (Å²) in [6.45, 7) is 12.1. The van der Waals surface area contributed by atoms with Crippen molar-refractivity contribution in [3.05, 3.63) is 191 Å². The van der Waals surface area contributed by atoms with Crippen LogP contribution in [-0.2, 0) is 10.8 Å². The molecule has 1 nitrogen and oxygen atoms in total. The summed E-state index contributed by atoms with van der Waals surface area (Å²) in [5.74, 6) is 0. The van der Waals surface area contributed by atoms with Crippen molar-refractivity contribution in [1.82, 2.24) is 0 Å². The molecule has 0 saturated heterocycles. The third kappa shape index (κ3) is 4.03. The molecular formula is C49H41NSi. The fourth-order valence-corrected chi connectivity index (χ4v) is 10.9. The molecule has 246 valence electrons. The zero-order valence-electron chi connectivity index (χ0n) is 30.0. The number of hydrogen-bond acceptors (Lipinski definition) is 1. The molecule has 7 aromatic carbocycles. The molecule has 0 heterocycles. The predicted molar refractivity (Wildman–Crippen MR) is 218 cm³/mol. The highest BCUT2D eigenvalue weighted by Crippen LogP contribution is 2.65. The molecule has 0 aromatic heterocycles. The molecule has 3 aliphatic carbocycles. The third-order valence-corrected chi connectivity index (χ3v) is 14.1. The van der Waals surface area contributed by atoms with Crippen molar-refractivity contribution < 1.29 is 0 Å². The highest BCUT2D eigenvalue weighted by molar-refractivity contribution is 6.88. The molecule has 0 atom stereocenters. The number of benzene rings is 7. The van der Waals surface area contributed by atoms with Crippen LogP contribution in [-0.4, -0.2) is 8.07 Å². The van der Waals surface area contributed by atoms with Gasteiger partial charge in [-0.3, -0.25) is 0 Å². The van der Waals surface area contributed by atoms with Gasteiger partial charge in [0.15, 0.2) is 0 Å². The fraction of sp³-hybridized carbons (Fsp3) is 0.143. The van der Waals surface area contributed by atoms with Gasteiger partial charge in [0.05, 0.1) is 19.2 Å². The van der Waals surface area contributed by atoms with E-state index in [9.17, 15) is 0 Å². The van der Waals surface area contributed by atoms with E-state index in [1.807, 2.05) is 0 Å². The summed E-state index contributed by atoms with van der Waals surface area (Å²) >= 11 is 0. The highest BCUT2D eigenvalue weighted by atomic mass is 28.3. The number of nitrogens with zero attached hydrogens (tertiary/aromatic N) is 1. The Morgan fingerprint density at radius 1 is 0.412 bits per heavy atom. The van der Waals surface area contributed by atoms with Gasteiger partial charge in [-0.25, -0.2) is 0 Å². The van der Waals surface area contributed by atoms with Gasteiger partial charge in [-0.1, -0.05) is 166 Å². The molecule has 51 heavy (non-hydrogen) atoms. The first-order valence-corrected chi connectivity index (χ1v) is 21.8. The summed E-state index contributed by atoms with van der Waals surface area (Å²) in [6.07, 6.45) is 0. The maximum Gasteiger partial charge on any atom is 0.0775 e. The van der Waals surface area contributed by atoms with Crippen molar-refractivity contribution in [2.75, 3.05) is 4.90 Å². The Kier molecular flexibility index (Phi) is 6.28. The lowest BCUT2D eigenvalue weighted by Gasteiger charge is -2.36. The zero-order valence-corrected chi connectivity index (χ0v) is 31.0. The Bertz CT molecular complexity index is 2490. The van der Waals surface area contributed by atoms with Gasteiger partial charge in [-0.15, -0.1) is 0 Å². The van der Waals surface area contributed by atoms with Crippen molar-refractivity contribution in [3.63, 3.8) is 0 Å². The molecule has 0 unspecified atom stereocenters. The largest absolute Gasteiger partial charge is 0.310 e. The van der Waals surface area contributed by atoms with Crippen molar-refractivity contribution in [3.8, 4) is 33.4 Å². The minimum atomic E-state index is -1.50. The third-order valence-electron chi connectivity index (χ3n) is 12.0. The summed E-state index contributed by atoms with van der Waals surface area (Å²) in [7, 11) is -1.50. The summed E-state index contributed by atoms with van der Waals surface area (Å²) in [5, 5.41) is 1.47. The lowest BCUT2D eigenvalue weighted by molar-refractivity contribution is 0.660. The molecule has 0 amide bonds. The molecule has 0 saturated carbocycles. The number of anilines is 3. The normalized spacial score (nSPS) is 15.1. The lowest BCUT2D eigenvalue weighted by Crippen LogP contribution is -2.37. The molecule has 0 bridgehead atoms. The number of hydrogen-bond donors (Lipinski definition) is 0. The fourth-order valence-electron chi connectivity index (χ4n) is 9.69. The predicted octanol–water partition coefficient (Wildman–Crippen LogP) is 12.4. The van der Waals surface area contributed by atoms with Gasteiger partial charge in [0, 0.05) is 22.4 Å². The molecule has 7 aromatic rings. The second-order valence-electron chi connectivity index (χ2n) is 16.1. The Labute approximate surface area is 302 Å². The van der Waals surface area contributed by atoms with E-state index in [-0.39, 0.29) is 5.41 Å². The second kappa shape index (κ2) is 10.5. The molecule has 1 spiro atoms. The Hall–Kier alpha value is -5.44. The first-order valence-electron chi connectivity index (χ1n) is 18.3. The van der Waals surface area contributed by atoms with Gasteiger partial charge in [-0.2, -0.15) is 0 Å². The summed E-state index contributed by atoms with van der Waals surface area (Å²) < 4.78 is 0. The van der Waals surface area contributed by atoms with Crippen LogP contribution in [0, 0.1) is 0 Å². The van der Waals surface area contributed by atoms with E-state index in [4.69, 9.17) is 0 Å². The van der Waals surface area contributed by atoms with Crippen LogP contribution in [0.3, 0.4) is 0 Å². The molecule has 10 rings (SSSR count). The monoisotopic (exact) mass is 671 g/mol. The van der Waals surface area contributed by atoms with Crippen LogP contribution < -0.4 is 10.1 Å². The Balaban J connectivity index is 1.29. The molecular weight excluding hydrogens is 631 g/mol. The number of fused-ring (bicyclic) bond motifs is 13. The lowest BCUT2D eigenvalue weighted by atomic mass is 9.70. The second-order valence-corrected chi connectivity index (χ2v) is 21.2. The van der Waals surface area contributed by atoms with Crippen molar-refractivity contribution in [2.45, 2.75) is 44.3 Å². The molecule has 0 radical (unpaired) electrons. The van der Waals surface area contributed by atoms with Crippen LogP contribution in [0.1, 0.15) is 47.2 Å². The molecule has 3 aliphatic rings. The van der Waals surface area contributed by atoms with E-state index in [2.05, 4.69) is 196 Å². The maximum atomic E-state index is 2.56. The summed E-state index contributed by atoms with van der Waals surface area (Å²) in [5.41, 5.74) is 19.3. The number of rotatable bonds is 4.